The number of rotatable bonds is 3. The van der Waals surface area contributed by atoms with E-state index >= 15 is 0 Å². The first-order valence-corrected chi connectivity index (χ1v) is 3.67. The van der Waals surface area contributed by atoms with Gasteiger partial charge in [0.05, 0.1) is 5.69 Å². The summed E-state index contributed by atoms with van der Waals surface area (Å²) >= 11 is 0. The van der Waals surface area contributed by atoms with Crippen molar-refractivity contribution >= 4 is 5.82 Å². The third-order valence-electron chi connectivity index (χ3n) is 1.47. The maximum absolute atomic E-state index is 13.1. The molecule has 0 unspecified atom stereocenters. The molecule has 0 fully saturated rings. The lowest BCUT2D eigenvalue weighted by Gasteiger charge is -2.05. The Bertz CT molecular complexity index is 305. The number of hydrogen-bond donors (Lipinski definition) is 2. The van der Waals surface area contributed by atoms with Crippen molar-refractivity contribution in [3.8, 4) is 0 Å². The molecule has 0 saturated heterocycles. The summed E-state index contributed by atoms with van der Waals surface area (Å²) in [5, 5.41) is 0. The third-order valence-corrected chi connectivity index (χ3v) is 1.47. The van der Waals surface area contributed by atoms with Gasteiger partial charge < -0.3 is 10.2 Å². The fraction of sp³-hybridized carbons (Fsp3) is 0.429. The van der Waals surface area contributed by atoms with E-state index in [1.807, 2.05) is 0 Å². The van der Waals surface area contributed by atoms with Crippen LogP contribution in [0.25, 0.3) is 0 Å². The van der Waals surface area contributed by atoms with Crippen molar-refractivity contribution in [2.45, 2.75) is 13.5 Å². The molecule has 0 radical (unpaired) electrons. The summed E-state index contributed by atoms with van der Waals surface area (Å²) < 4.78 is 17.9. The van der Waals surface area contributed by atoms with Gasteiger partial charge in [-0.3, -0.25) is 0 Å². The van der Waals surface area contributed by atoms with Gasteiger partial charge in [0, 0.05) is 7.11 Å². The van der Waals surface area contributed by atoms with Crippen LogP contribution in [0.1, 0.15) is 11.5 Å². The van der Waals surface area contributed by atoms with Crippen molar-refractivity contribution in [3.05, 3.63) is 17.3 Å². The molecule has 3 N–H and O–H groups in total. The van der Waals surface area contributed by atoms with E-state index in [4.69, 9.17) is 10.6 Å². The second-order valence-electron chi connectivity index (χ2n) is 2.47. The topological polar surface area (TPSA) is 73.1 Å². The highest BCUT2D eigenvalue weighted by Crippen LogP contribution is 2.12. The molecule has 13 heavy (non-hydrogen) atoms. The normalized spacial score (nSPS) is 10.2. The number of aromatic nitrogens is 2. The largest absolute Gasteiger partial charge is 0.377 e. The molecule has 6 heteroatoms. The Morgan fingerprint density at radius 1 is 1.54 bits per heavy atom. The molecule has 1 heterocycles. The summed E-state index contributed by atoms with van der Waals surface area (Å²) in [5.41, 5.74) is 2.40. The second kappa shape index (κ2) is 4.11. The van der Waals surface area contributed by atoms with Crippen molar-refractivity contribution in [2.75, 3.05) is 12.5 Å². The first-order chi connectivity index (χ1) is 6.19. The lowest BCUT2D eigenvalue weighted by atomic mass is 10.4. The van der Waals surface area contributed by atoms with Crippen LogP contribution in [0.15, 0.2) is 0 Å². The Balaban J connectivity index is 3.06. The molecule has 0 bridgehead atoms. The van der Waals surface area contributed by atoms with Crippen LogP contribution in [-0.4, -0.2) is 17.1 Å². The summed E-state index contributed by atoms with van der Waals surface area (Å²) in [7, 11) is 1.51. The molecule has 0 aromatic carbocycles. The fourth-order valence-electron chi connectivity index (χ4n) is 0.906. The van der Waals surface area contributed by atoms with Crippen LogP contribution in [0.4, 0.5) is 10.2 Å². The first kappa shape index (κ1) is 9.82. The maximum Gasteiger partial charge on any atom is 0.187 e. The number of hydrazine groups is 1. The molecule has 0 saturated carbocycles. The smallest absolute Gasteiger partial charge is 0.187 e. The summed E-state index contributed by atoms with van der Waals surface area (Å²) in [6.07, 6.45) is 0. The van der Waals surface area contributed by atoms with Gasteiger partial charge in [-0.2, -0.15) is 0 Å². The van der Waals surface area contributed by atoms with E-state index in [9.17, 15) is 4.39 Å². The molecule has 0 aliphatic heterocycles. The highest BCUT2D eigenvalue weighted by atomic mass is 19.1. The summed E-state index contributed by atoms with van der Waals surface area (Å²) in [6.45, 7) is 1.77. The zero-order valence-electron chi connectivity index (χ0n) is 7.47. The highest BCUT2D eigenvalue weighted by Gasteiger charge is 2.09. The van der Waals surface area contributed by atoms with E-state index in [-0.39, 0.29) is 18.1 Å². The number of ether oxygens (including phenoxy) is 1. The molecule has 0 spiro atoms. The van der Waals surface area contributed by atoms with E-state index < -0.39 is 5.82 Å². The molecule has 5 nitrogen and oxygen atoms in total. The number of nitrogens with one attached hydrogen (secondary N) is 1. The maximum atomic E-state index is 13.1. The summed E-state index contributed by atoms with van der Waals surface area (Å²) in [6, 6.07) is 0. The average Bonchev–Trinajstić information content (AvgIpc) is 2.11. The number of anilines is 1. The van der Waals surface area contributed by atoms with Crippen molar-refractivity contribution in [2.24, 2.45) is 5.84 Å². The quantitative estimate of drug-likeness (QED) is 0.526. The van der Waals surface area contributed by atoms with E-state index in [0.29, 0.717) is 5.82 Å². The number of hydrogen-bond acceptors (Lipinski definition) is 5. The van der Waals surface area contributed by atoms with Gasteiger partial charge in [0.15, 0.2) is 17.5 Å². The van der Waals surface area contributed by atoms with E-state index in [2.05, 4.69) is 15.4 Å². The molecular formula is C7H11FN4O. The number of methoxy groups -OCH3 is 1. The molecule has 72 valence electrons. The number of aryl methyl sites for hydroxylation is 1. The molecule has 0 aliphatic carbocycles. The molecule has 1 aromatic heterocycles. The van der Waals surface area contributed by atoms with Gasteiger partial charge in [0.1, 0.15) is 6.61 Å². The lowest BCUT2D eigenvalue weighted by Crippen LogP contribution is -2.14. The van der Waals surface area contributed by atoms with Crippen LogP contribution in [0.3, 0.4) is 0 Å². The number of halogens is 1. The van der Waals surface area contributed by atoms with Gasteiger partial charge in [0.25, 0.3) is 0 Å². The molecule has 0 atom stereocenters. The van der Waals surface area contributed by atoms with Crippen molar-refractivity contribution in [1.29, 1.82) is 0 Å². The number of nitrogens with two attached hydrogens (primary N) is 1. The van der Waals surface area contributed by atoms with Gasteiger partial charge in [-0.05, 0) is 6.92 Å². The van der Waals surface area contributed by atoms with Crippen LogP contribution in [0, 0.1) is 12.7 Å². The Kier molecular flexibility index (Phi) is 3.10. The average molecular weight is 186 g/mol. The summed E-state index contributed by atoms with van der Waals surface area (Å²) in [5.74, 6) is 4.91. The van der Waals surface area contributed by atoms with Gasteiger partial charge >= 0.3 is 0 Å². The molecule has 1 aromatic rings. The molecular weight excluding hydrogens is 175 g/mol. The first-order valence-electron chi connectivity index (χ1n) is 3.67. The van der Waals surface area contributed by atoms with Gasteiger partial charge in [0.2, 0.25) is 0 Å². The predicted molar refractivity (Wildman–Crippen MR) is 45.3 cm³/mol. The minimum atomic E-state index is -0.539. The monoisotopic (exact) mass is 186 g/mol. The zero-order chi connectivity index (χ0) is 9.84. The fourth-order valence-corrected chi connectivity index (χ4v) is 0.906. The van der Waals surface area contributed by atoms with Gasteiger partial charge in [-0.1, -0.05) is 0 Å². The van der Waals surface area contributed by atoms with Crippen molar-refractivity contribution in [1.82, 2.24) is 9.97 Å². The van der Waals surface area contributed by atoms with Crippen molar-refractivity contribution < 1.29 is 9.13 Å². The van der Waals surface area contributed by atoms with E-state index in [1.54, 1.807) is 0 Å². The Morgan fingerprint density at radius 3 is 2.77 bits per heavy atom. The van der Waals surface area contributed by atoms with Crippen LogP contribution >= 0.6 is 0 Å². The second-order valence-corrected chi connectivity index (χ2v) is 2.47. The highest BCUT2D eigenvalue weighted by molar-refractivity contribution is 5.36. The Morgan fingerprint density at radius 2 is 2.23 bits per heavy atom. The van der Waals surface area contributed by atoms with Crippen LogP contribution in [-0.2, 0) is 11.3 Å². The van der Waals surface area contributed by atoms with Crippen LogP contribution in [0.5, 0.6) is 0 Å². The third kappa shape index (κ3) is 2.10. The van der Waals surface area contributed by atoms with Crippen LogP contribution < -0.4 is 11.3 Å². The Hall–Kier alpha value is -1.27. The predicted octanol–water partition coefficient (Wildman–Crippen LogP) is 0.356. The van der Waals surface area contributed by atoms with Gasteiger partial charge in [-0.25, -0.2) is 20.2 Å². The van der Waals surface area contributed by atoms with E-state index in [0.717, 1.165) is 0 Å². The van der Waals surface area contributed by atoms with Gasteiger partial charge in [-0.15, -0.1) is 0 Å². The minimum Gasteiger partial charge on any atom is -0.377 e. The number of nitrogen functional groups attached to an aromatic ring is 1. The molecule has 0 amide bonds. The number of nitrogens with zero attached hydrogens (tertiary/aromatic N) is 2. The SMILES string of the molecule is COCc1nc(C)c(F)c(NN)n1. The molecule has 0 aliphatic rings. The standard InChI is InChI=1S/C7H11FN4O/c1-4-6(8)7(12-9)11-5(10-4)3-13-2/h3,9H2,1-2H3,(H,10,11,12). The lowest BCUT2D eigenvalue weighted by molar-refractivity contribution is 0.177. The van der Waals surface area contributed by atoms with Crippen LogP contribution in [0.2, 0.25) is 0 Å². The van der Waals surface area contributed by atoms with E-state index in [1.165, 1.54) is 14.0 Å². The zero-order valence-corrected chi connectivity index (χ0v) is 7.47. The van der Waals surface area contributed by atoms with Crippen molar-refractivity contribution in [3.63, 3.8) is 0 Å². The minimum absolute atomic E-state index is 0.0143. The summed E-state index contributed by atoms with van der Waals surface area (Å²) in [4.78, 5) is 7.66. The molecule has 1 rings (SSSR count). The Labute approximate surface area is 75.1 Å².